The Balaban J connectivity index is 1.75. The van der Waals surface area contributed by atoms with Crippen LogP contribution in [0.3, 0.4) is 0 Å². The average molecular weight is 322 g/mol. The highest BCUT2D eigenvalue weighted by molar-refractivity contribution is 6.33. The second-order valence-electron chi connectivity index (χ2n) is 5.74. The van der Waals surface area contributed by atoms with Crippen molar-refractivity contribution in [2.24, 2.45) is 0 Å². The Labute approximate surface area is 142 Å². The van der Waals surface area contributed by atoms with E-state index in [1.165, 1.54) is 16.7 Å². The molecule has 0 saturated heterocycles. The Bertz CT molecular complexity index is 781. The van der Waals surface area contributed by atoms with Gasteiger partial charge in [-0.1, -0.05) is 66.2 Å². The van der Waals surface area contributed by atoms with Crippen LogP contribution in [0.15, 0.2) is 72.8 Å². The lowest BCUT2D eigenvalue weighted by Crippen LogP contribution is -1.97. The van der Waals surface area contributed by atoms with Crippen LogP contribution in [0.4, 0.5) is 11.4 Å². The van der Waals surface area contributed by atoms with E-state index in [0.29, 0.717) is 0 Å². The number of para-hydroxylation sites is 1. The van der Waals surface area contributed by atoms with Crippen molar-refractivity contribution in [1.29, 1.82) is 0 Å². The fraction of sp³-hybridized carbons (Fsp3) is 0.143. The molecule has 0 amide bonds. The lowest BCUT2D eigenvalue weighted by atomic mass is 10.0. The van der Waals surface area contributed by atoms with E-state index in [9.17, 15) is 0 Å². The van der Waals surface area contributed by atoms with Gasteiger partial charge in [-0.05, 0) is 54.7 Å². The lowest BCUT2D eigenvalue weighted by Gasteiger charge is -2.13. The molecule has 3 aromatic carbocycles. The molecule has 0 aliphatic carbocycles. The lowest BCUT2D eigenvalue weighted by molar-refractivity contribution is 0.960. The maximum absolute atomic E-state index is 6.24. The predicted octanol–water partition coefficient (Wildman–Crippen LogP) is 6.18. The van der Waals surface area contributed by atoms with Gasteiger partial charge in [0.05, 0.1) is 10.7 Å². The summed E-state index contributed by atoms with van der Waals surface area (Å²) < 4.78 is 0. The molecule has 0 spiro atoms. The van der Waals surface area contributed by atoms with Crippen molar-refractivity contribution in [2.45, 2.75) is 19.8 Å². The largest absolute Gasteiger partial charge is 0.354 e. The zero-order valence-corrected chi connectivity index (χ0v) is 14.0. The molecule has 0 atom stereocenters. The molecule has 1 N–H and O–H groups in total. The average Bonchev–Trinajstić information content (AvgIpc) is 2.58. The van der Waals surface area contributed by atoms with Crippen LogP contribution in [-0.4, -0.2) is 0 Å². The molecular weight excluding hydrogens is 302 g/mol. The Hall–Kier alpha value is -2.25. The Morgan fingerprint density at radius 3 is 2.22 bits per heavy atom. The van der Waals surface area contributed by atoms with Crippen LogP contribution in [0.5, 0.6) is 0 Å². The first-order valence-electron chi connectivity index (χ1n) is 7.87. The van der Waals surface area contributed by atoms with E-state index in [4.69, 9.17) is 11.6 Å². The normalized spacial score (nSPS) is 10.5. The van der Waals surface area contributed by atoms with Crippen LogP contribution in [0.25, 0.3) is 0 Å². The molecule has 0 heterocycles. The van der Waals surface area contributed by atoms with Gasteiger partial charge in [0, 0.05) is 5.69 Å². The second kappa shape index (κ2) is 7.34. The number of hydrogen-bond acceptors (Lipinski definition) is 1. The SMILES string of the molecule is Cc1ccc(CCc2ccccc2)cc1Nc1ccccc1Cl. The van der Waals surface area contributed by atoms with Crippen molar-refractivity contribution >= 4 is 23.0 Å². The summed E-state index contributed by atoms with van der Waals surface area (Å²) in [4.78, 5) is 0. The molecule has 0 fully saturated rings. The minimum atomic E-state index is 0.738. The van der Waals surface area contributed by atoms with Gasteiger partial charge < -0.3 is 5.32 Å². The molecule has 3 rings (SSSR count). The van der Waals surface area contributed by atoms with Gasteiger partial charge in [-0.25, -0.2) is 0 Å². The van der Waals surface area contributed by atoms with Crippen LogP contribution in [-0.2, 0) is 12.8 Å². The third-order valence-corrected chi connectivity index (χ3v) is 4.32. The molecule has 0 aromatic heterocycles. The number of halogens is 1. The van der Waals surface area contributed by atoms with Gasteiger partial charge in [0.15, 0.2) is 0 Å². The summed E-state index contributed by atoms with van der Waals surface area (Å²) in [5.41, 5.74) is 5.97. The van der Waals surface area contributed by atoms with Crippen LogP contribution < -0.4 is 5.32 Å². The summed E-state index contributed by atoms with van der Waals surface area (Å²) in [6.45, 7) is 2.11. The monoisotopic (exact) mass is 321 g/mol. The molecule has 0 radical (unpaired) electrons. The van der Waals surface area contributed by atoms with Crippen molar-refractivity contribution in [3.63, 3.8) is 0 Å². The van der Waals surface area contributed by atoms with E-state index in [1.807, 2.05) is 24.3 Å². The maximum atomic E-state index is 6.24. The van der Waals surface area contributed by atoms with Gasteiger partial charge in [0.25, 0.3) is 0 Å². The molecule has 116 valence electrons. The molecule has 0 aliphatic rings. The van der Waals surface area contributed by atoms with E-state index < -0.39 is 0 Å². The first-order valence-corrected chi connectivity index (χ1v) is 8.25. The van der Waals surface area contributed by atoms with Gasteiger partial charge in [0.1, 0.15) is 0 Å². The van der Waals surface area contributed by atoms with E-state index in [1.54, 1.807) is 0 Å². The molecule has 3 aromatic rings. The van der Waals surface area contributed by atoms with Crippen molar-refractivity contribution in [1.82, 2.24) is 0 Å². The summed E-state index contributed by atoms with van der Waals surface area (Å²) >= 11 is 6.24. The van der Waals surface area contributed by atoms with Crippen LogP contribution in [0.2, 0.25) is 5.02 Å². The minimum absolute atomic E-state index is 0.738. The molecule has 2 heteroatoms. The van der Waals surface area contributed by atoms with Crippen LogP contribution in [0.1, 0.15) is 16.7 Å². The van der Waals surface area contributed by atoms with Crippen molar-refractivity contribution in [3.05, 3.63) is 94.5 Å². The van der Waals surface area contributed by atoms with Gasteiger partial charge >= 0.3 is 0 Å². The smallest absolute Gasteiger partial charge is 0.0640 e. The molecule has 0 unspecified atom stereocenters. The Kier molecular flexibility index (Phi) is 4.99. The number of rotatable bonds is 5. The maximum Gasteiger partial charge on any atom is 0.0640 e. The molecule has 1 nitrogen and oxygen atoms in total. The third kappa shape index (κ3) is 4.14. The molecular formula is C21H20ClN. The van der Waals surface area contributed by atoms with Gasteiger partial charge in [-0.3, -0.25) is 0 Å². The second-order valence-corrected chi connectivity index (χ2v) is 6.15. The number of anilines is 2. The van der Waals surface area contributed by atoms with Gasteiger partial charge in [-0.15, -0.1) is 0 Å². The van der Waals surface area contributed by atoms with Crippen LogP contribution >= 0.6 is 11.6 Å². The first-order chi connectivity index (χ1) is 11.2. The van der Waals surface area contributed by atoms with Crippen molar-refractivity contribution in [2.75, 3.05) is 5.32 Å². The molecule has 23 heavy (non-hydrogen) atoms. The third-order valence-electron chi connectivity index (χ3n) is 3.99. The Morgan fingerprint density at radius 2 is 1.43 bits per heavy atom. The predicted molar refractivity (Wildman–Crippen MR) is 99.8 cm³/mol. The summed E-state index contributed by atoms with van der Waals surface area (Å²) in [5, 5.41) is 4.18. The first kappa shape index (κ1) is 15.6. The highest BCUT2D eigenvalue weighted by Crippen LogP contribution is 2.27. The van der Waals surface area contributed by atoms with E-state index in [2.05, 4.69) is 60.8 Å². The summed E-state index contributed by atoms with van der Waals surface area (Å²) in [5.74, 6) is 0. The standard InChI is InChI=1S/C21H20ClN/c1-16-11-12-18(14-13-17-7-3-2-4-8-17)15-21(16)23-20-10-6-5-9-19(20)22/h2-12,15,23H,13-14H2,1H3. The molecule has 0 aliphatic heterocycles. The number of benzene rings is 3. The van der Waals surface area contributed by atoms with E-state index in [-0.39, 0.29) is 0 Å². The van der Waals surface area contributed by atoms with Gasteiger partial charge in [-0.2, -0.15) is 0 Å². The van der Waals surface area contributed by atoms with Crippen molar-refractivity contribution in [3.8, 4) is 0 Å². The zero-order valence-electron chi connectivity index (χ0n) is 13.2. The number of hydrogen-bond donors (Lipinski definition) is 1. The highest BCUT2D eigenvalue weighted by atomic mass is 35.5. The number of nitrogens with one attached hydrogen (secondary N) is 1. The topological polar surface area (TPSA) is 12.0 Å². The quantitative estimate of drug-likeness (QED) is 0.592. The summed E-state index contributed by atoms with van der Waals surface area (Å²) in [6.07, 6.45) is 2.08. The minimum Gasteiger partial charge on any atom is -0.354 e. The number of aryl methyl sites for hydroxylation is 3. The zero-order chi connectivity index (χ0) is 16.1. The highest BCUT2D eigenvalue weighted by Gasteiger charge is 2.04. The Morgan fingerprint density at radius 1 is 0.739 bits per heavy atom. The molecule has 0 bridgehead atoms. The fourth-order valence-electron chi connectivity index (χ4n) is 2.60. The van der Waals surface area contributed by atoms with E-state index >= 15 is 0 Å². The fourth-order valence-corrected chi connectivity index (χ4v) is 2.78. The summed E-state index contributed by atoms with van der Waals surface area (Å²) in [6, 6.07) is 25.0. The van der Waals surface area contributed by atoms with E-state index in [0.717, 1.165) is 29.2 Å². The van der Waals surface area contributed by atoms with Gasteiger partial charge in [0.2, 0.25) is 0 Å². The van der Waals surface area contributed by atoms with Crippen molar-refractivity contribution < 1.29 is 0 Å². The summed E-state index contributed by atoms with van der Waals surface area (Å²) in [7, 11) is 0. The van der Waals surface area contributed by atoms with Crippen LogP contribution in [0, 0.1) is 6.92 Å². The molecule has 0 saturated carbocycles.